The molecule has 1 N–H and O–H groups in total. The molecule has 66 valence electrons. The van der Waals surface area contributed by atoms with Crippen molar-refractivity contribution < 1.29 is 8.42 Å². The molecule has 1 aromatic rings. The number of aromatic amines is 1. The van der Waals surface area contributed by atoms with E-state index < -0.39 is 19.5 Å². The first-order chi connectivity index (χ1) is 5.43. The van der Waals surface area contributed by atoms with Gasteiger partial charge in [-0.25, -0.2) is 8.42 Å². The highest BCUT2D eigenvalue weighted by Crippen LogP contribution is 2.19. The first-order valence-electron chi connectivity index (χ1n) is 2.75. The van der Waals surface area contributed by atoms with Crippen molar-refractivity contribution in [1.82, 2.24) is 4.98 Å². The number of nitrogens with one attached hydrogen (secondary N) is 1. The van der Waals surface area contributed by atoms with Gasteiger partial charge in [-0.3, -0.25) is 4.79 Å². The third-order valence-electron chi connectivity index (χ3n) is 1.11. The van der Waals surface area contributed by atoms with Crippen LogP contribution in [0.4, 0.5) is 0 Å². The molecule has 0 unspecified atom stereocenters. The van der Waals surface area contributed by atoms with Gasteiger partial charge in [-0.05, 0) is 6.07 Å². The Morgan fingerprint density at radius 2 is 2.00 bits per heavy atom. The monoisotopic (exact) mass is 227 g/mol. The zero-order chi connectivity index (χ0) is 9.35. The highest BCUT2D eigenvalue weighted by atomic mass is 35.7. The van der Waals surface area contributed by atoms with Gasteiger partial charge in [0.1, 0.15) is 0 Å². The van der Waals surface area contributed by atoms with Crippen molar-refractivity contribution in [3.8, 4) is 0 Å². The Kier molecular flexibility index (Phi) is 2.46. The molecule has 0 aromatic carbocycles. The molecule has 0 radical (unpaired) electrons. The van der Waals surface area contributed by atoms with Crippen LogP contribution in [0.25, 0.3) is 0 Å². The van der Waals surface area contributed by atoms with Crippen LogP contribution in [-0.4, -0.2) is 13.4 Å². The summed E-state index contributed by atoms with van der Waals surface area (Å²) < 4.78 is 21.5. The van der Waals surface area contributed by atoms with Crippen LogP contribution in [0.1, 0.15) is 0 Å². The topological polar surface area (TPSA) is 67.0 Å². The van der Waals surface area contributed by atoms with Gasteiger partial charge >= 0.3 is 0 Å². The first-order valence-corrected chi connectivity index (χ1v) is 5.43. The van der Waals surface area contributed by atoms with Gasteiger partial charge in [0.05, 0.1) is 5.02 Å². The molecule has 7 heteroatoms. The molecule has 1 aromatic heterocycles. The molecular weight excluding hydrogens is 225 g/mol. The van der Waals surface area contributed by atoms with Crippen molar-refractivity contribution in [3.05, 3.63) is 27.6 Å². The van der Waals surface area contributed by atoms with Crippen LogP contribution in [0.2, 0.25) is 5.02 Å². The quantitative estimate of drug-likeness (QED) is 0.727. The third-order valence-corrected chi connectivity index (χ3v) is 2.89. The standard InChI is InChI=1S/C5H3Cl2NO3S/c6-3-1-2-8-5(9)4(3)12(7,10)11/h1-2H,(H,8,9). The summed E-state index contributed by atoms with van der Waals surface area (Å²) in [6, 6.07) is 1.23. The van der Waals surface area contributed by atoms with Gasteiger partial charge in [-0.2, -0.15) is 0 Å². The van der Waals surface area contributed by atoms with E-state index in [2.05, 4.69) is 4.98 Å². The molecule has 1 rings (SSSR count). The van der Waals surface area contributed by atoms with Crippen molar-refractivity contribution in [1.29, 1.82) is 0 Å². The predicted molar refractivity (Wildman–Crippen MR) is 45.1 cm³/mol. The highest BCUT2D eigenvalue weighted by Gasteiger charge is 2.18. The normalized spacial score (nSPS) is 11.5. The Balaban J connectivity index is 3.65. The highest BCUT2D eigenvalue weighted by molar-refractivity contribution is 8.13. The summed E-state index contributed by atoms with van der Waals surface area (Å²) >= 11 is 5.43. The number of rotatable bonds is 1. The Morgan fingerprint density at radius 3 is 2.33 bits per heavy atom. The van der Waals surface area contributed by atoms with Crippen LogP contribution < -0.4 is 5.56 Å². The van der Waals surface area contributed by atoms with E-state index in [4.69, 9.17) is 22.3 Å². The molecule has 4 nitrogen and oxygen atoms in total. The number of hydrogen-bond donors (Lipinski definition) is 1. The smallest absolute Gasteiger partial charge is 0.269 e. The molecule has 0 amide bonds. The van der Waals surface area contributed by atoms with Gasteiger partial charge in [-0.15, -0.1) is 0 Å². The summed E-state index contributed by atoms with van der Waals surface area (Å²) in [4.78, 5) is 12.4. The van der Waals surface area contributed by atoms with Crippen molar-refractivity contribution in [3.63, 3.8) is 0 Å². The van der Waals surface area contributed by atoms with Gasteiger partial charge in [0.15, 0.2) is 4.90 Å². The van der Waals surface area contributed by atoms with Crippen LogP contribution in [-0.2, 0) is 9.05 Å². The zero-order valence-corrected chi connectivity index (χ0v) is 7.87. The SMILES string of the molecule is O=c1[nH]ccc(Cl)c1S(=O)(=O)Cl. The number of H-pyrrole nitrogens is 1. The average Bonchev–Trinajstić information content (AvgIpc) is 1.82. The maximum atomic E-state index is 10.9. The van der Waals surface area contributed by atoms with Crippen LogP contribution >= 0.6 is 22.3 Å². The molecule has 12 heavy (non-hydrogen) atoms. The molecule has 0 bridgehead atoms. The number of halogens is 2. The maximum absolute atomic E-state index is 10.9. The van der Waals surface area contributed by atoms with Crippen molar-refractivity contribution in [2.75, 3.05) is 0 Å². The molecule has 0 saturated carbocycles. The largest absolute Gasteiger partial charge is 0.328 e. The minimum atomic E-state index is -4.07. The van der Waals surface area contributed by atoms with Crippen LogP contribution in [0.15, 0.2) is 22.0 Å². The summed E-state index contributed by atoms with van der Waals surface area (Å²) in [6.45, 7) is 0. The molecule has 0 spiro atoms. The van der Waals surface area contributed by atoms with E-state index in [0.29, 0.717) is 0 Å². The van der Waals surface area contributed by atoms with E-state index in [1.807, 2.05) is 0 Å². The fourth-order valence-corrected chi connectivity index (χ4v) is 2.28. The van der Waals surface area contributed by atoms with Crippen molar-refractivity contribution >= 4 is 31.3 Å². The molecule has 0 saturated heterocycles. The van der Waals surface area contributed by atoms with E-state index in [0.717, 1.165) is 0 Å². The van der Waals surface area contributed by atoms with E-state index in [9.17, 15) is 13.2 Å². The fraction of sp³-hybridized carbons (Fsp3) is 0. The zero-order valence-electron chi connectivity index (χ0n) is 5.54. The molecule has 0 aliphatic rings. The number of hydrogen-bond acceptors (Lipinski definition) is 3. The summed E-state index contributed by atoms with van der Waals surface area (Å²) in [6.07, 6.45) is 1.23. The third kappa shape index (κ3) is 1.80. The molecule has 0 atom stereocenters. The lowest BCUT2D eigenvalue weighted by molar-refractivity contribution is 0.608. The fourth-order valence-electron chi connectivity index (χ4n) is 0.667. The predicted octanol–water partition coefficient (Wildman–Crippen LogP) is 0.956. The Bertz CT molecular complexity index is 450. The Hall–Kier alpha value is -0.520. The van der Waals surface area contributed by atoms with E-state index in [1.165, 1.54) is 12.3 Å². The maximum Gasteiger partial charge on any atom is 0.269 e. The molecular formula is C5H3Cl2NO3S. The first kappa shape index (κ1) is 9.57. The van der Waals surface area contributed by atoms with E-state index in [-0.39, 0.29) is 5.02 Å². The summed E-state index contributed by atoms with van der Waals surface area (Å²) in [7, 11) is 0.869. The minimum absolute atomic E-state index is 0.186. The Labute approximate surface area is 77.5 Å². The van der Waals surface area contributed by atoms with Gasteiger partial charge in [-0.1, -0.05) is 11.6 Å². The lowest BCUT2D eigenvalue weighted by atomic mass is 10.5. The average molecular weight is 228 g/mol. The van der Waals surface area contributed by atoms with E-state index in [1.54, 1.807) is 0 Å². The van der Waals surface area contributed by atoms with Crippen LogP contribution in [0.3, 0.4) is 0 Å². The van der Waals surface area contributed by atoms with Gasteiger partial charge < -0.3 is 4.98 Å². The lowest BCUT2D eigenvalue weighted by Gasteiger charge is -1.95. The van der Waals surface area contributed by atoms with Crippen LogP contribution in [0, 0.1) is 0 Å². The van der Waals surface area contributed by atoms with Gasteiger partial charge in [0, 0.05) is 16.9 Å². The lowest BCUT2D eigenvalue weighted by Crippen LogP contribution is -2.13. The van der Waals surface area contributed by atoms with Gasteiger partial charge in [0.2, 0.25) is 0 Å². The van der Waals surface area contributed by atoms with Gasteiger partial charge in [0.25, 0.3) is 14.6 Å². The van der Waals surface area contributed by atoms with Crippen molar-refractivity contribution in [2.45, 2.75) is 4.90 Å². The van der Waals surface area contributed by atoms with Crippen molar-refractivity contribution in [2.24, 2.45) is 0 Å². The second-order valence-electron chi connectivity index (χ2n) is 1.92. The second-order valence-corrected chi connectivity index (χ2v) is 4.83. The minimum Gasteiger partial charge on any atom is -0.328 e. The second kappa shape index (κ2) is 3.08. The summed E-state index contributed by atoms with van der Waals surface area (Å²) in [5.41, 5.74) is -0.822. The molecule has 1 heterocycles. The molecule has 0 fully saturated rings. The summed E-state index contributed by atoms with van der Waals surface area (Å²) in [5.74, 6) is 0. The number of pyridine rings is 1. The van der Waals surface area contributed by atoms with Crippen LogP contribution in [0.5, 0.6) is 0 Å². The number of aromatic nitrogens is 1. The Morgan fingerprint density at radius 1 is 1.42 bits per heavy atom. The van der Waals surface area contributed by atoms with E-state index >= 15 is 0 Å². The molecule has 0 aliphatic heterocycles. The molecule has 0 aliphatic carbocycles. The summed E-state index contributed by atoms with van der Waals surface area (Å²) in [5, 5.41) is -0.186.